The molecule has 5 nitrogen and oxygen atoms in total. The van der Waals surface area contributed by atoms with Crippen LogP contribution in [0.4, 0.5) is 0 Å². The van der Waals surface area contributed by atoms with Crippen LogP contribution in [0.3, 0.4) is 0 Å². The SMILES string of the molecule is O=C(O)CCC(OP(=O)(O)Cc1ccccc1)c1ccccc1. The molecule has 23 heavy (non-hydrogen) atoms. The van der Waals surface area contributed by atoms with Gasteiger partial charge in [-0.1, -0.05) is 60.7 Å². The number of hydrogen-bond donors (Lipinski definition) is 2. The van der Waals surface area contributed by atoms with Crippen molar-refractivity contribution in [3.63, 3.8) is 0 Å². The highest BCUT2D eigenvalue weighted by Gasteiger charge is 2.26. The van der Waals surface area contributed by atoms with Crippen molar-refractivity contribution in [2.75, 3.05) is 0 Å². The second-order valence-electron chi connectivity index (χ2n) is 5.22. The largest absolute Gasteiger partial charge is 0.481 e. The van der Waals surface area contributed by atoms with Crippen molar-refractivity contribution in [2.45, 2.75) is 25.1 Å². The van der Waals surface area contributed by atoms with Crippen LogP contribution in [0.25, 0.3) is 0 Å². The molecule has 0 heterocycles. The standard InChI is InChI=1S/C17H19O5P/c18-17(19)12-11-16(15-9-5-2-6-10-15)22-23(20,21)13-14-7-3-1-4-8-14/h1-10,16H,11-13H2,(H,18,19)(H,20,21). The maximum atomic E-state index is 12.4. The van der Waals surface area contributed by atoms with Crippen LogP contribution in [0.5, 0.6) is 0 Å². The van der Waals surface area contributed by atoms with E-state index in [1.54, 1.807) is 48.5 Å². The number of carboxylic acid groups (broad SMARTS) is 1. The van der Waals surface area contributed by atoms with E-state index in [0.29, 0.717) is 11.1 Å². The van der Waals surface area contributed by atoms with E-state index < -0.39 is 19.7 Å². The number of hydrogen-bond acceptors (Lipinski definition) is 3. The van der Waals surface area contributed by atoms with Crippen LogP contribution in [-0.4, -0.2) is 16.0 Å². The monoisotopic (exact) mass is 334 g/mol. The third-order valence-corrected chi connectivity index (χ3v) is 4.66. The Morgan fingerprint density at radius 1 is 1.04 bits per heavy atom. The zero-order chi connectivity index (χ0) is 16.7. The summed E-state index contributed by atoms with van der Waals surface area (Å²) < 4.78 is 17.8. The first-order valence-corrected chi connectivity index (χ1v) is 9.03. The van der Waals surface area contributed by atoms with Crippen molar-refractivity contribution in [3.8, 4) is 0 Å². The minimum Gasteiger partial charge on any atom is -0.481 e. The van der Waals surface area contributed by atoms with Gasteiger partial charge in [0.05, 0.1) is 12.3 Å². The second-order valence-corrected chi connectivity index (χ2v) is 7.02. The molecule has 0 aliphatic carbocycles. The third-order valence-electron chi connectivity index (χ3n) is 3.31. The molecule has 122 valence electrons. The molecule has 0 aromatic heterocycles. The highest BCUT2D eigenvalue weighted by Crippen LogP contribution is 2.50. The van der Waals surface area contributed by atoms with Crippen molar-refractivity contribution in [1.29, 1.82) is 0 Å². The molecule has 0 aliphatic rings. The number of carboxylic acids is 1. The Morgan fingerprint density at radius 2 is 1.61 bits per heavy atom. The zero-order valence-electron chi connectivity index (χ0n) is 12.5. The molecule has 0 bridgehead atoms. The van der Waals surface area contributed by atoms with Crippen LogP contribution in [0.2, 0.25) is 0 Å². The van der Waals surface area contributed by atoms with Gasteiger partial charge >= 0.3 is 13.6 Å². The lowest BCUT2D eigenvalue weighted by Gasteiger charge is -2.21. The molecule has 2 aromatic rings. The Kier molecular flexibility index (Phi) is 6.11. The van der Waals surface area contributed by atoms with Gasteiger partial charge in [-0.3, -0.25) is 9.36 Å². The Morgan fingerprint density at radius 3 is 2.17 bits per heavy atom. The highest BCUT2D eigenvalue weighted by molar-refractivity contribution is 7.51. The van der Waals surface area contributed by atoms with E-state index in [1.165, 1.54) is 0 Å². The zero-order valence-corrected chi connectivity index (χ0v) is 13.4. The lowest BCUT2D eigenvalue weighted by molar-refractivity contribution is -0.137. The van der Waals surface area contributed by atoms with Gasteiger partial charge in [-0.25, -0.2) is 0 Å². The maximum absolute atomic E-state index is 12.4. The number of rotatable bonds is 8. The summed E-state index contributed by atoms with van der Waals surface area (Å²) in [6.07, 6.45) is -0.833. The summed E-state index contributed by atoms with van der Waals surface area (Å²) in [6.45, 7) is 0. The average molecular weight is 334 g/mol. The molecule has 6 heteroatoms. The maximum Gasteiger partial charge on any atom is 0.333 e. The van der Waals surface area contributed by atoms with E-state index in [4.69, 9.17) is 9.63 Å². The summed E-state index contributed by atoms with van der Waals surface area (Å²) in [6, 6.07) is 17.8. The summed E-state index contributed by atoms with van der Waals surface area (Å²) in [5.41, 5.74) is 1.39. The van der Waals surface area contributed by atoms with Crippen molar-refractivity contribution < 1.29 is 23.9 Å². The number of aliphatic carboxylic acids is 1. The number of carbonyl (C=O) groups is 1. The lowest BCUT2D eigenvalue weighted by Crippen LogP contribution is -2.07. The van der Waals surface area contributed by atoms with Crippen molar-refractivity contribution in [1.82, 2.24) is 0 Å². The minimum absolute atomic E-state index is 0.107. The van der Waals surface area contributed by atoms with Gasteiger partial charge in [0.25, 0.3) is 0 Å². The normalized spacial score (nSPS) is 14.8. The molecule has 0 radical (unpaired) electrons. The van der Waals surface area contributed by atoms with Gasteiger partial charge in [0.2, 0.25) is 0 Å². The van der Waals surface area contributed by atoms with E-state index in [1.807, 2.05) is 12.1 Å². The first-order valence-electron chi connectivity index (χ1n) is 7.27. The van der Waals surface area contributed by atoms with Crippen molar-refractivity contribution in [2.24, 2.45) is 0 Å². The van der Waals surface area contributed by atoms with Gasteiger partial charge in [-0.05, 0) is 17.5 Å². The quantitative estimate of drug-likeness (QED) is 0.713. The van der Waals surface area contributed by atoms with Crippen LogP contribution >= 0.6 is 7.60 Å². The first kappa shape index (κ1) is 17.4. The molecule has 0 saturated carbocycles. The molecule has 2 rings (SSSR count). The van der Waals surface area contributed by atoms with E-state index >= 15 is 0 Å². The summed E-state index contributed by atoms with van der Waals surface area (Å²) in [5, 5.41) is 8.86. The van der Waals surface area contributed by atoms with Gasteiger partial charge in [0.15, 0.2) is 0 Å². The fraction of sp³-hybridized carbons (Fsp3) is 0.235. The topological polar surface area (TPSA) is 83.8 Å². The summed E-state index contributed by atoms with van der Waals surface area (Å²) in [7, 11) is -3.89. The average Bonchev–Trinajstić information content (AvgIpc) is 2.52. The molecule has 2 aromatic carbocycles. The third kappa shape index (κ3) is 5.99. The fourth-order valence-corrected chi connectivity index (χ4v) is 3.62. The van der Waals surface area contributed by atoms with Crippen molar-refractivity contribution >= 4 is 13.6 Å². The molecule has 2 unspecified atom stereocenters. The van der Waals surface area contributed by atoms with Crippen LogP contribution in [0.1, 0.15) is 30.1 Å². The fourth-order valence-electron chi connectivity index (χ4n) is 2.25. The van der Waals surface area contributed by atoms with Gasteiger partial charge in [0, 0.05) is 6.42 Å². The summed E-state index contributed by atoms with van der Waals surface area (Å²) in [5.74, 6) is -0.967. The smallest absolute Gasteiger partial charge is 0.333 e. The first-order chi connectivity index (χ1) is 11.0. The van der Waals surface area contributed by atoms with E-state index in [0.717, 1.165) is 0 Å². The van der Waals surface area contributed by atoms with Gasteiger partial charge in [-0.15, -0.1) is 0 Å². The molecule has 2 N–H and O–H groups in total. The lowest BCUT2D eigenvalue weighted by atomic mass is 10.1. The molecule has 0 fully saturated rings. The molecule has 2 atom stereocenters. The highest BCUT2D eigenvalue weighted by atomic mass is 31.2. The molecule has 0 saturated heterocycles. The van der Waals surface area contributed by atoms with E-state index in [9.17, 15) is 14.3 Å². The van der Waals surface area contributed by atoms with E-state index in [-0.39, 0.29) is 19.0 Å². The summed E-state index contributed by atoms with van der Waals surface area (Å²) >= 11 is 0. The van der Waals surface area contributed by atoms with Gasteiger partial charge in [0.1, 0.15) is 0 Å². The van der Waals surface area contributed by atoms with Gasteiger partial charge < -0.3 is 14.5 Å². The predicted molar refractivity (Wildman–Crippen MR) is 87.1 cm³/mol. The molecular formula is C17H19O5P. The van der Waals surface area contributed by atoms with Gasteiger partial charge in [-0.2, -0.15) is 0 Å². The Hall–Kier alpha value is -1.94. The van der Waals surface area contributed by atoms with Crippen LogP contribution in [0.15, 0.2) is 60.7 Å². The molecule has 0 aliphatic heterocycles. The Balaban J connectivity index is 2.12. The molecular weight excluding hydrogens is 315 g/mol. The van der Waals surface area contributed by atoms with Crippen molar-refractivity contribution in [3.05, 3.63) is 71.8 Å². The second kappa shape index (κ2) is 8.06. The number of benzene rings is 2. The molecule has 0 amide bonds. The van der Waals surface area contributed by atoms with Crippen LogP contribution in [0, 0.1) is 0 Å². The minimum atomic E-state index is -3.89. The Bertz CT molecular complexity index is 672. The van der Waals surface area contributed by atoms with Crippen LogP contribution < -0.4 is 0 Å². The predicted octanol–water partition coefficient (Wildman–Crippen LogP) is 3.99. The van der Waals surface area contributed by atoms with Crippen LogP contribution in [-0.2, 0) is 20.0 Å². The summed E-state index contributed by atoms with van der Waals surface area (Å²) in [4.78, 5) is 21.0. The van der Waals surface area contributed by atoms with E-state index in [2.05, 4.69) is 0 Å². The molecule has 0 spiro atoms. The Labute approximate surface area is 135 Å².